The Morgan fingerprint density at radius 2 is 1.30 bits per heavy atom. The van der Waals surface area contributed by atoms with E-state index in [2.05, 4.69) is 19.5 Å². The summed E-state index contributed by atoms with van der Waals surface area (Å²) in [4.78, 5) is 6.46. The van der Waals surface area contributed by atoms with Crippen LogP contribution in [-0.2, 0) is 19.5 Å². The van der Waals surface area contributed by atoms with Gasteiger partial charge < -0.3 is 43.7 Å². The molecule has 5 aromatic carbocycles. The van der Waals surface area contributed by atoms with Gasteiger partial charge in [-0.3, -0.25) is 0 Å². The minimum atomic E-state index is -4.96. The lowest BCUT2D eigenvalue weighted by molar-refractivity contribution is -0.274. The van der Waals surface area contributed by atoms with E-state index in [0.717, 1.165) is 24.3 Å². The highest BCUT2D eigenvalue weighted by Crippen LogP contribution is 2.54. The molecule has 310 valence electrons. The van der Waals surface area contributed by atoms with Crippen LogP contribution < -0.4 is 28.7 Å². The van der Waals surface area contributed by atoms with Gasteiger partial charge in [0.1, 0.15) is 5.75 Å². The number of ether oxygens (including phenoxy) is 5. The molecular weight excluding hydrogens is 810 g/mol. The van der Waals surface area contributed by atoms with Gasteiger partial charge in [-0.1, -0.05) is 53.6 Å². The Balaban J connectivity index is 1.03. The quantitative estimate of drug-likeness (QED) is 0.0805. The molecule has 0 bridgehead atoms. The second-order valence-corrected chi connectivity index (χ2v) is 16.1. The molecule has 4 heterocycles. The van der Waals surface area contributed by atoms with E-state index in [0.29, 0.717) is 45.6 Å². The molecule has 0 amide bonds. The Morgan fingerprint density at radius 3 is 1.92 bits per heavy atom. The molecule has 4 aliphatic heterocycles. The summed E-state index contributed by atoms with van der Waals surface area (Å²) in [5.41, 5.74) is 12.6. The fraction of sp³-hybridized carbons (Fsp3) is 0.268. The average Bonchev–Trinajstić information content (AvgIpc) is 3.23. The van der Waals surface area contributed by atoms with Crippen molar-refractivity contribution in [3.8, 4) is 28.7 Å². The van der Waals surface area contributed by atoms with E-state index in [1.54, 1.807) is 47.4 Å². The van der Waals surface area contributed by atoms with Gasteiger partial charge in [-0.25, -0.2) is 13.1 Å². The standard InChI is InChI=1S/C41H35F3N6O9S/c42-41(43,44)59-23-16-18-24(19-17-23)60(53,54)47-26-20-55-21-31(37(26)51)50-29-11-3-6-15-35(29)58-39-25(8-7-12-30(39)50)40-36(46-48-45)38(52)32(22-56-40)49-27-9-1-4-13-33(27)57-34-14-5-2-10-28(34)49/h1-19,26,31-32,36-38,40,47,51-52H,20-22H2/t26-,31+,32+,36?,37+,38-,40?/m0/s1. The van der Waals surface area contributed by atoms with Crippen LogP contribution in [0.1, 0.15) is 11.7 Å². The smallest absolute Gasteiger partial charge is 0.453 e. The number of nitrogens with zero attached hydrogens (tertiary/aromatic N) is 5. The summed E-state index contributed by atoms with van der Waals surface area (Å²) in [5.74, 6) is 1.21. The van der Waals surface area contributed by atoms with Crippen LogP contribution in [0.5, 0.6) is 28.7 Å². The van der Waals surface area contributed by atoms with Crippen LogP contribution in [0.3, 0.4) is 0 Å². The minimum Gasteiger partial charge on any atom is -0.453 e. The molecule has 2 unspecified atom stereocenters. The number of azide groups is 1. The maximum atomic E-state index is 13.4. The van der Waals surface area contributed by atoms with Crippen LogP contribution in [0.4, 0.5) is 35.9 Å². The number of alkyl halides is 3. The summed E-state index contributed by atoms with van der Waals surface area (Å²) < 4.78 is 96.5. The summed E-state index contributed by atoms with van der Waals surface area (Å²) in [7, 11) is -4.37. The summed E-state index contributed by atoms with van der Waals surface area (Å²) in [6.45, 7) is -0.276. The minimum absolute atomic E-state index is 0.00893. The van der Waals surface area contributed by atoms with Crippen LogP contribution in [-0.4, -0.2) is 81.2 Å². The number of halogens is 3. The molecule has 5 aromatic rings. The lowest BCUT2D eigenvalue weighted by Crippen LogP contribution is -2.60. The first-order valence-electron chi connectivity index (χ1n) is 18.7. The van der Waals surface area contributed by atoms with E-state index in [4.69, 9.17) is 18.9 Å². The molecule has 0 spiro atoms. The number of para-hydroxylation sites is 7. The summed E-state index contributed by atoms with van der Waals surface area (Å²) in [6, 6.07) is 26.7. The number of aliphatic hydroxyl groups is 2. The van der Waals surface area contributed by atoms with E-state index in [9.17, 15) is 37.3 Å². The number of anilines is 4. The lowest BCUT2D eigenvalue weighted by Gasteiger charge is -2.47. The van der Waals surface area contributed by atoms with Crippen molar-refractivity contribution >= 4 is 32.8 Å². The van der Waals surface area contributed by atoms with Gasteiger partial charge in [-0.15, -0.1) is 13.2 Å². The van der Waals surface area contributed by atoms with Crippen molar-refractivity contribution in [1.82, 2.24) is 4.72 Å². The normalized spacial score (nSPS) is 24.6. The SMILES string of the molecule is [N-]=[N+]=NC1C(c2cccc3c2Oc2ccccc2N3[C@@H]2COC[C@H](NS(=O)(=O)c3ccc(OC(F)(F)F)cc3)[C@H]2O)OC[C@@H](N2c3ccccc3Oc3ccccc32)[C@@H]1O. The van der Waals surface area contributed by atoms with Gasteiger partial charge in [0, 0.05) is 10.5 Å². The van der Waals surface area contributed by atoms with E-state index in [1.807, 2.05) is 53.4 Å². The molecule has 60 heavy (non-hydrogen) atoms. The number of hydrogen-bond acceptors (Lipinski definition) is 12. The maximum Gasteiger partial charge on any atom is 0.573 e. The summed E-state index contributed by atoms with van der Waals surface area (Å²) in [5, 5.41) is 28.2. The van der Waals surface area contributed by atoms with Crippen LogP contribution >= 0.6 is 0 Å². The van der Waals surface area contributed by atoms with Gasteiger partial charge in [-0.05, 0) is 72.3 Å². The Labute approximate surface area is 340 Å². The van der Waals surface area contributed by atoms with Gasteiger partial charge in [0.2, 0.25) is 10.0 Å². The van der Waals surface area contributed by atoms with E-state index < -0.39 is 64.6 Å². The number of aliphatic hydroxyl groups excluding tert-OH is 2. The van der Waals surface area contributed by atoms with Crippen LogP contribution in [0, 0.1) is 0 Å². The predicted molar refractivity (Wildman–Crippen MR) is 209 cm³/mol. The number of rotatable bonds is 8. The molecule has 0 aromatic heterocycles. The number of sulfonamides is 1. The van der Waals surface area contributed by atoms with Crippen LogP contribution in [0.2, 0.25) is 0 Å². The Bertz CT molecular complexity index is 2530. The zero-order valence-corrected chi connectivity index (χ0v) is 32.0. The summed E-state index contributed by atoms with van der Waals surface area (Å²) >= 11 is 0. The van der Waals surface area contributed by atoms with Gasteiger partial charge in [-0.2, -0.15) is 0 Å². The van der Waals surface area contributed by atoms with Crippen molar-refractivity contribution in [3.63, 3.8) is 0 Å². The van der Waals surface area contributed by atoms with Crippen molar-refractivity contribution in [3.05, 3.63) is 131 Å². The van der Waals surface area contributed by atoms with Crippen LogP contribution in [0.15, 0.2) is 125 Å². The fourth-order valence-electron chi connectivity index (χ4n) is 8.19. The number of nitrogens with one attached hydrogen (secondary N) is 1. The third kappa shape index (κ3) is 7.19. The number of hydrogen-bond donors (Lipinski definition) is 3. The third-order valence-electron chi connectivity index (χ3n) is 10.8. The number of fused-ring (bicyclic) bond motifs is 4. The van der Waals surface area contributed by atoms with Crippen molar-refractivity contribution < 1.29 is 55.5 Å². The average molecular weight is 845 g/mol. The van der Waals surface area contributed by atoms with Crippen molar-refractivity contribution in [1.29, 1.82) is 0 Å². The Kier molecular flexibility index (Phi) is 10.2. The van der Waals surface area contributed by atoms with Crippen molar-refractivity contribution in [2.45, 2.75) is 53.7 Å². The lowest BCUT2D eigenvalue weighted by atomic mass is 9.88. The first kappa shape index (κ1) is 39.4. The largest absolute Gasteiger partial charge is 0.573 e. The maximum absolute atomic E-state index is 13.4. The molecule has 9 rings (SSSR count). The molecule has 7 atom stereocenters. The zero-order valence-electron chi connectivity index (χ0n) is 31.2. The predicted octanol–water partition coefficient (Wildman–Crippen LogP) is 7.36. The molecule has 15 nitrogen and oxygen atoms in total. The molecule has 0 radical (unpaired) electrons. The highest BCUT2D eigenvalue weighted by molar-refractivity contribution is 7.89. The van der Waals surface area contributed by atoms with Gasteiger partial charge >= 0.3 is 6.36 Å². The first-order valence-corrected chi connectivity index (χ1v) is 20.2. The monoisotopic (exact) mass is 844 g/mol. The molecule has 0 saturated carbocycles. The molecule has 19 heteroatoms. The van der Waals surface area contributed by atoms with E-state index in [1.165, 1.54) is 0 Å². The molecule has 2 fully saturated rings. The van der Waals surface area contributed by atoms with E-state index in [-0.39, 0.29) is 30.5 Å². The fourth-order valence-corrected chi connectivity index (χ4v) is 9.43. The highest BCUT2D eigenvalue weighted by Gasteiger charge is 2.48. The molecule has 0 aliphatic carbocycles. The van der Waals surface area contributed by atoms with E-state index >= 15 is 0 Å². The van der Waals surface area contributed by atoms with Gasteiger partial charge in [0.15, 0.2) is 23.0 Å². The molecular formula is C41H35F3N6O9S. The highest BCUT2D eigenvalue weighted by atomic mass is 32.2. The molecule has 4 aliphatic rings. The summed E-state index contributed by atoms with van der Waals surface area (Å²) in [6.07, 6.45) is -8.63. The Morgan fingerprint density at radius 1 is 0.733 bits per heavy atom. The van der Waals surface area contributed by atoms with Gasteiger partial charge in [0.25, 0.3) is 0 Å². The second kappa shape index (κ2) is 15.5. The van der Waals surface area contributed by atoms with Crippen LogP contribution in [0.25, 0.3) is 10.4 Å². The molecule has 3 N–H and O–H groups in total. The Hall–Kier alpha value is -6.05. The topological polar surface area (TPSA) is 188 Å². The first-order chi connectivity index (χ1) is 28.9. The second-order valence-electron chi connectivity index (χ2n) is 14.4. The van der Waals surface area contributed by atoms with Crippen molar-refractivity contribution in [2.75, 3.05) is 29.6 Å². The zero-order chi connectivity index (χ0) is 41.8. The van der Waals surface area contributed by atoms with Gasteiger partial charge in [0.05, 0.1) is 89.9 Å². The third-order valence-corrected chi connectivity index (χ3v) is 12.3. The molecule has 2 saturated heterocycles. The number of benzene rings is 5. The van der Waals surface area contributed by atoms with Crippen molar-refractivity contribution in [2.24, 2.45) is 5.11 Å².